The number of amides is 1. The lowest BCUT2D eigenvalue weighted by atomic mass is 9.99. The van der Waals surface area contributed by atoms with Crippen molar-refractivity contribution < 1.29 is 39.8 Å². The van der Waals surface area contributed by atoms with Gasteiger partial charge in [-0.3, -0.25) is 4.79 Å². The van der Waals surface area contributed by atoms with Crippen LogP contribution in [0.4, 0.5) is 0 Å². The first kappa shape index (κ1) is 45.5. The third-order valence-corrected chi connectivity index (χ3v) is 9.69. The summed E-state index contributed by atoms with van der Waals surface area (Å²) in [4.78, 5) is 15.2. The number of nitrogens with zero attached hydrogens (tertiary/aromatic N) is 3. The van der Waals surface area contributed by atoms with E-state index in [1.807, 2.05) is 0 Å². The maximum absolute atomic E-state index is 12.6. The second-order valence-corrected chi connectivity index (χ2v) is 14.2. The van der Waals surface area contributed by atoms with Crippen molar-refractivity contribution in [1.29, 1.82) is 0 Å². The standard InChI is InChI=1S/C37H72N4O8/c1-3-4-5-6-7-8-9-10-11-12-13-14-15-16-17-18-19-20-21-22-23-24-25-26-32(43)40-30(33(44)29(2)42)28-48-37-36(47)35(46)34(45)31(49-37)27-39-41-38/h29-31,33-37,42,44-47H,3-28H2,1-2H3,(H,40,43)/t29-,30+,31?,33-,34+,35?,36?,37+/m1/s1. The van der Waals surface area contributed by atoms with Crippen LogP contribution in [0.25, 0.3) is 10.4 Å². The van der Waals surface area contributed by atoms with Crippen LogP contribution in [-0.4, -0.2) is 93.5 Å². The zero-order valence-corrected chi connectivity index (χ0v) is 30.8. The van der Waals surface area contributed by atoms with Crippen molar-refractivity contribution in [2.24, 2.45) is 5.11 Å². The normalized spacial score (nSPS) is 22.7. The van der Waals surface area contributed by atoms with Gasteiger partial charge in [0.05, 0.1) is 31.4 Å². The monoisotopic (exact) mass is 701 g/mol. The molecule has 1 rings (SSSR count). The van der Waals surface area contributed by atoms with Crippen molar-refractivity contribution in [2.75, 3.05) is 13.2 Å². The van der Waals surface area contributed by atoms with Crippen LogP contribution in [0.3, 0.4) is 0 Å². The van der Waals surface area contributed by atoms with Gasteiger partial charge >= 0.3 is 0 Å². The molecule has 0 aliphatic carbocycles. The maximum atomic E-state index is 12.6. The van der Waals surface area contributed by atoms with E-state index in [2.05, 4.69) is 22.3 Å². The fourth-order valence-corrected chi connectivity index (χ4v) is 6.43. The highest BCUT2D eigenvalue weighted by atomic mass is 16.7. The van der Waals surface area contributed by atoms with E-state index in [1.54, 1.807) is 0 Å². The minimum atomic E-state index is -1.62. The number of azide groups is 1. The second kappa shape index (κ2) is 30.2. The number of hydrogen-bond acceptors (Lipinski definition) is 9. The van der Waals surface area contributed by atoms with Crippen LogP contribution in [0.1, 0.15) is 168 Å². The molecule has 1 aliphatic rings. The molecule has 0 spiro atoms. The quantitative estimate of drug-likeness (QED) is 0.0192. The molecule has 3 unspecified atom stereocenters. The van der Waals surface area contributed by atoms with E-state index >= 15 is 0 Å². The predicted molar refractivity (Wildman–Crippen MR) is 193 cm³/mol. The van der Waals surface area contributed by atoms with Gasteiger partial charge in [-0.25, -0.2) is 0 Å². The van der Waals surface area contributed by atoms with Crippen LogP contribution in [0.2, 0.25) is 0 Å². The Kier molecular flexibility index (Phi) is 28.0. The summed E-state index contributed by atoms with van der Waals surface area (Å²) in [5, 5.41) is 56.9. The number of aliphatic hydroxyl groups is 5. The Morgan fingerprint density at radius 1 is 0.735 bits per heavy atom. The second-order valence-electron chi connectivity index (χ2n) is 14.2. The van der Waals surface area contributed by atoms with Gasteiger partial charge < -0.3 is 40.3 Å². The predicted octanol–water partition coefficient (Wildman–Crippen LogP) is 6.73. The Morgan fingerprint density at radius 3 is 1.57 bits per heavy atom. The summed E-state index contributed by atoms with van der Waals surface area (Å²) in [5.74, 6) is -0.293. The number of carbonyl (C=O) groups is 1. The lowest BCUT2D eigenvalue weighted by Crippen LogP contribution is -2.60. The Hall–Kier alpha value is -1.50. The molecule has 1 saturated heterocycles. The highest BCUT2D eigenvalue weighted by molar-refractivity contribution is 5.76. The molecule has 0 aromatic rings. The SMILES string of the molecule is CCCCCCCCCCCCCCCCCCCCCCCCCC(=O)N[C@@H](CO[C@H]1OC(CN=[N+]=[N-])[C@H](O)C(O)C1O)[C@H](O)[C@@H](C)O. The molecule has 0 bridgehead atoms. The summed E-state index contributed by atoms with van der Waals surface area (Å²) < 4.78 is 11.0. The Balaban J connectivity index is 2.08. The van der Waals surface area contributed by atoms with E-state index in [1.165, 1.54) is 129 Å². The van der Waals surface area contributed by atoms with Crippen LogP contribution in [0.15, 0.2) is 5.11 Å². The van der Waals surface area contributed by atoms with Gasteiger partial charge in [-0.05, 0) is 18.9 Å². The van der Waals surface area contributed by atoms with Crippen LogP contribution in [-0.2, 0) is 14.3 Å². The molecule has 1 amide bonds. The van der Waals surface area contributed by atoms with E-state index in [0.29, 0.717) is 6.42 Å². The van der Waals surface area contributed by atoms with Gasteiger partial charge in [0.1, 0.15) is 24.4 Å². The molecule has 12 nitrogen and oxygen atoms in total. The third kappa shape index (κ3) is 22.1. The van der Waals surface area contributed by atoms with Crippen LogP contribution < -0.4 is 5.32 Å². The van der Waals surface area contributed by atoms with Crippen molar-refractivity contribution in [3.8, 4) is 0 Å². The van der Waals surface area contributed by atoms with Gasteiger partial charge in [-0.1, -0.05) is 153 Å². The maximum Gasteiger partial charge on any atom is 0.220 e. The van der Waals surface area contributed by atoms with Gasteiger partial charge in [0, 0.05) is 11.3 Å². The highest BCUT2D eigenvalue weighted by Crippen LogP contribution is 2.23. The number of nitrogens with one attached hydrogen (secondary N) is 1. The van der Waals surface area contributed by atoms with E-state index in [4.69, 9.17) is 15.0 Å². The van der Waals surface area contributed by atoms with Gasteiger partial charge in [0.2, 0.25) is 5.91 Å². The zero-order chi connectivity index (χ0) is 36.1. The summed E-state index contributed by atoms with van der Waals surface area (Å²) in [6.45, 7) is 3.03. The molecular formula is C37H72N4O8. The summed E-state index contributed by atoms with van der Waals surface area (Å²) in [5.41, 5.74) is 8.54. The topological polar surface area (TPSA) is 197 Å². The molecule has 1 fully saturated rings. The summed E-state index contributed by atoms with van der Waals surface area (Å²) in [6.07, 6.45) is 20.4. The first-order chi connectivity index (χ1) is 23.7. The van der Waals surface area contributed by atoms with Crippen LogP contribution >= 0.6 is 0 Å². The summed E-state index contributed by atoms with van der Waals surface area (Å²) >= 11 is 0. The average Bonchev–Trinajstić information content (AvgIpc) is 3.09. The Labute approximate surface area is 296 Å². The lowest BCUT2D eigenvalue weighted by molar-refractivity contribution is -0.296. The molecule has 12 heteroatoms. The number of aliphatic hydroxyl groups excluding tert-OH is 5. The van der Waals surface area contributed by atoms with E-state index in [9.17, 15) is 30.3 Å². The van der Waals surface area contributed by atoms with E-state index < -0.39 is 49.0 Å². The smallest absolute Gasteiger partial charge is 0.220 e. The molecule has 0 aromatic carbocycles. The molecular weight excluding hydrogens is 628 g/mol. The molecule has 1 heterocycles. The molecule has 49 heavy (non-hydrogen) atoms. The van der Waals surface area contributed by atoms with Crippen LogP contribution in [0.5, 0.6) is 0 Å². The van der Waals surface area contributed by atoms with Gasteiger partial charge in [-0.2, -0.15) is 0 Å². The van der Waals surface area contributed by atoms with E-state index in [0.717, 1.165) is 19.3 Å². The molecule has 6 N–H and O–H groups in total. The minimum Gasteiger partial charge on any atom is -0.391 e. The first-order valence-electron chi connectivity index (χ1n) is 19.7. The number of ether oxygens (including phenoxy) is 2. The number of rotatable bonds is 32. The van der Waals surface area contributed by atoms with Gasteiger partial charge in [-0.15, -0.1) is 0 Å². The zero-order valence-electron chi connectivity index (χ0n) is 30.8. The Morgan fingerprint density at radius 2 is 1.16 bits per heavy atom. The van der Waals surface area contributed by atoms with Crippen molar-refractivity contribution in [3.05, 3.63) is 10.4 Å². The summed E-state index contributed by atoms with van der Waals surface area (Å²) in [6, 6.07) is -1.01. The fourth-order valence-electron chi connectivity index (χ4n) is 6.43. The van der Waals surface area contributed by atoms with Gasteiger partial charge in [0.25, 0.3) is 0 Å². The number of unbranched alkanes of at least 4 members (excludes halogenated alkanes) is 22. The molecule has 0 aromatic heterocycles. The lowest BCUT2D eigenvalue weighted by Gasteiger charge is -2.40. The molecule has 1 aliphatic heterocycles. The highest BCUT2D eigenvalue weighted by Gasteiger charge is 2.44. The van der Waals surface area contributed by atoms with Crippen LogP contribution in [0, 0.1) is 0 Å². The van der Waals surface area contributed by atoms with E-state index in [-0.39, 0.29) is 25.5 Å². The van der Waals surface area contributed by atoms with Crippen molar-refractivity contribution >= 4 is 5.91 Å². The van der Waals surface area contributed by atoms with Crippen molar-refractivity contribution in [2.45, 2.75) is 217 Å². The number of hydrogen-bond donors (Lipinski definition) is 6. The van der Waals surface area contributed by atoms with Crippen molar-refractivity contribution in [1.82, 2.24) is 5.32 Å². The first-order valence-corrected chi connectivity index (χ1v) is 19.7. The Bertz CT molecular complexity index is 847. The largest absolute Gasteiger partial charge is 0.391 e. The molecule has 288 valence electrons. The summed E-state index contributed by atoms with van der Waals surface area (Å²) in [7, 11) is 0. The molecule has 0 radical (unpaired) electrons. The fraction of sp³-hybridized carbons (Fsp3) is 0.973. The van der Waals surface area contributed by atoms with Gasteiger partial charge in [0.15, 0.2) is 6.29 Å². The minimum absolute atomic E-state index is 0.268. The van der Waals surface area contributed by atoms with Crippen molar-refractivity contribution in [3.63, 3.8) is 0 Å². The third-order valence-electron chi connectivity index (χ3n) is 9.69. The average molecular weight is 701 g/mol. The molecule has 0 saturated carbocycles. The molecule has 8 atom stereocenters. The number of carbonyl (C=O) groups excluding carboxylic acids is 1.